The van der Waals surface area contributed by atoms with E-state index in [-0.39, 0.29) is 15.8 Å². The zero-order chi connectivity index (χ0) is 49.2. The van der Waals surface area contributed by atoms with Crippen molar-refractivity contribution in [2.24, 2.45) is 0 Å². The lowest BCUT2D eigenvalue weighted by atomic mass is 10.0. The molecule has 0 radical (unpaired) electrons. The Morgan fingerprint density at radius 1 is 0.162 bits per heavy atom. The van der Waals surface area contributed by atoms with Gasteiger partial charge in [0.2, 0.25) is 0 Å². The van der Waals surface area contributed by atoms with Crippen LogP contribution in [0.5, 0.6) is 0 Å². The van der Waals surface area contributed by atoms with Crippen LogP contribution in [0.4, 0.5) is 0 Å². The normalized spacial score (nSPS) is 12.0. The molecule has 0 rings (SSSR count). The number of hydrogen-bond donors (Lipinski definition) is 0. The van der Waals surface area contributed by atoms with Crippen LogP contribution in [0.15, 0.2) is 0 Å². The lowest BCUT2D eigenvalue weighted by molar-refractivity contribution is 0.537. The van der Waals surface area contributed by atoms with Crippen LogP contribution in [0.2, 0.25) is 0 Å². The summed E-state index contributed by atoms with van der Waals surface area (Å²) in [6.45, 7) is 12.2. The van der Waals surface area contributed by atoms with Gasteiger partial charge in [0.25, 0.3) is 0 Å². The van der Waals surface area contributed by atoms with Gasteiger partial charge < -0.3 is 0 Å². The molecular weight excluding hydrogens is 855 g/mol. The van der Waals surface area contributed by atoms with Crippen LogP contribution < -0.4 is 0 Å². The van der Waals surface area contributed by atoms with Crippen molar-refractivity contribution in [2.45, 2.75) is 400 Å². The molecule has 0 atom stereocenters. The van der Waals surface area contributed by atoms with Crippen LogP contribution in [-0.4, -0.2) is 30.0 Å². The quantitative estimate of drug-likeness (QED) is 0.0421. The number of hydrogen-bond acceptors (Lipinski definition) is 0. The topological polar surface area (TPSA) is 0 Å². The van der Waals surface area contributed by atoms with Crippen molar-refractivity contribution < 1.29 is 0 Å². The van der Waals surface area contributed by atoms with E-state index in [9.17, 15) is 0 Å². The minimum atomic E-state index is 0.201. The summed E-state index contributed by atoms with van der Waals surface area (Å²) < 4.78 is 0. The van der Waals surface area contributed by atoms with Crippen molar-refractivity contribution in [3.05, 3.63) is 0 Å². The first-order valence-corrected chi connectivity index (χ1v) is 36.7. The summed E-state index contributed by atoms with van der Waals surface area (Å²) in [4.78, 5) is 0. The minimum absolute atomic E-state index is 0.201. The van der Waals surface area contributed by atoms with Crippen LogP contribution >= 0.6 is 15.8 Å². The maximum Gasteiger partial charge on any atom is -0.00342 e. The fourth-order valence-electron chi connectivity index (χ4n) is 11.2. The van der Waals surface area contributed by atoms with E-state index < -0.39 is 0 Å². The third kappa shape index (κ3) is 54.6. The Kier molecular flexibility index (Phi) is 62.9. The van der Waals surface area contributed by atoms with Gasteiger partial charge in [-0.05, 0) is 55.7 Å². The minimum Gasteiger partial charge on any atom is -0.0994 e. The van der Waals surface area contributed by atoms with Gasteiger partial charge in [0.05, 0.1) is 0 Å². The van der Waals surface area contributed by atoms with E-state index in [4.69, 9.17) is 0 Å². The summed E-state index contributed by atoms with van der Waals surface area (Å²) >= 11 is 0. The van der Waals surface area contributed by atoms with Crippen molar-refractivity contribution in [3.63, 3.8) is 0 Å². The third-order valence-corrected chi connectivity index (χ3v) is 23.9. The molecule has 0 nitrogen and oxygen atoms in total. The molecule has 0 aromatic rings. The summed E-state index contributed by atoms with van der Waals surface area (Å²) in [5.74, 6) is 0. The lowest BCUT2D eigenvalue weighted by Crippen LogP contribution is -2.09. The molecule has 68 heavy (non-hydrogen) atoms. The monoisotopic (exact) mass is 991 g/mol. The van der Waals surface area contributed by atoms with Gasteiger partial charge in [-0.15, -0.1) is 0 Å². The highest BCUT2D eigenvalue weighted by Crippen LogP contribution is 2.59. The zero-order valence-corrected chi connectivity index (χ0v) is 50.7. The molecule has 0 bridgehead atoms. The van der Waals surface area contributed by atoms with Gasteiger partial charge in [-0.25, -0.2) is 0 Å². The Balaban J connectivity index is 4.98. The van der Waals surface area contributed by atoms with Crippen LogP contribution in [0.1, 0.15) is 394 Å². The van der Waals surface area contributed by atoms with Crippen LogP contribution in [-0.2, 0) is 0 Å². The molecule has 0 heterocycles. The molecule has 2 heteroatoms. The number of unbranched alkanes of at least 4 members (excludes halogenated alkanes) is 52. The van der Waals surface area contributed by atoms with Crippen molar-refractivity contribution in [1.29, 1.82) is 0 Å². The predicted molar refractivity (Wildman–Crippen MR) is 324 cm³/mol. The zero-order valence-electron chi connectivity index (χ0n) is 48.9. The van der Waals surface area contributed by atoms with Crippen molar-refractivity contribution in [3.8, 4) is 0 Å². The Morgan fingerprint density at radius 2 is 0.265 bits per heavy atom. The average Bonchev–Trinajstić information content (AvgIpc) is 3.35. The second-order valence-electron chi connectivity index (χ2n) is 23.1. The summed E-state index contributed by atoms with van der Waals surface area (Å²) in [6.07, 6.45) is 89.8. The fraction of sp³-hybridized carbons (Fsp3) is 1.00. The average molecular weight is 992 g/mol. The second kappa shape index (κ2) is 62.2. The first kappa shape index (κ1) is 68.9. The third-order valence-electron chi connectivity index (χ3n) is 16.3. The van der Waals surface area contributed by atoms with Gasteiger partial charge in [-0.3, -0.25) is 0 Å². The highest BCUT2D eigenvalue weighted by Gasteiger charge is 2.24. The van der Waals surface area contributed by atoms with E-state index in [1.54, 1.807) is 50.3 Å². The second-order valence-corrected chi connectivity index (χ2v) is 29.2. The van der Waals surface area contributed by atoms with E-state index in [2.05, 4.69) is 34.6 Å². The molecule has 410 valence electrons. The van der Waals surface area contributed by atoms with E-state index in [1.807, 2.05) is 0 Å². The predicted octanol–water partition coefficient (Wildman–Crippen LogP) is 26.2. The molecule has 0 aliphatic heterocycles. The van der Waals surface area contributed by atoms with E-state index in [1.165, 1.54) is 334 Å². The standard InChI is InChI=1S/C66H136P2/c1-6-10-14-18-22-26-30-34-38-42-46-50-54-58-62-67(63-59-55-51-47-43-39-35-31-27-23-19-15-11-7-2)66(5)68(64-60-56-52-48-44-40-36-32-28-24-20-16-12-8-3)65-61-57-53-49-45-41-37-33-29-25-21-17-13-9-4/h66H,6-65H2,1-5H3. The Bertz CT molecular complexity index is 724. The molecule has 0 unspecified atom stereocenters. The lowest BCUT2D eigenvalue weighted by Gasteiger charge is -2.33. The molecule has 0 N–H and O–H groups in total. The highest BCUT2D eigenvalue weighted by atomic mass is 31.2. The SMILES string of the molecule is CCCCCCCCCCCCCCCCP(CCCCCCCCCCCCCCCC)C(C)P(CCCCCCCCCCCCCCCC)CCCCCCCCCCCCCCCC. The smallest absolute Gasteiger partial charge is 0.00342 e. The molecular formula is C66H136P2. The molecule has 0 saturated carbocycles. The van der Waals surface area contributed by atoms with E-state index >= 15 is 0 Å². The Hall–Kier alpha value is 0.860. The van der Waals surface area contributed by atoms with E-state index in [0.717, 1.165) is 5.40 Å². The van der Waals surface area contributed by atoms with Gasteiger partial charge in [0.15, 0.2) is 0 Å². The summed E-state index contributed by atoms with van der Waals surface area (Å²) in [5, 5.41) is 1.06. The molecule has 0 spiro atoms. The maximum absolute atomic E-state index is 2.83. The maximum atomic E-state index is 2.83. The molecule has 0 aliphatic rings. The van der Waals surface area contributed by atoms with Crippen molar-refractivity contribution in [1.82, 2.24) is 0 Å². The van der Waals surface area contributed by atoms with Crippen LogP contribution in [0, 0.1) is 0 Å². The van der Waals surface area contributed by atoms with Gasteiger partial charge in [0, 0.05) is 0 Å². The van der Waals surface area contributed by atoms with Gasteiger partial charge in [-0.1, -0.05) is 384 Å². The molecule has 0 aromatic heterocycles. The van der Waals surface area contributed by atoms with Crippen LogP contribution in [0.25, 0.3) is 0 Å². The molecule has 0 aliphatic carbocycles. The Labute approximate surface area is 437 Å². The molecule has 0 fully saturated rings. The number of rotatable bonds is 62. The Morgan fingerprint density at radius 3 is 0.382 bits per heavy atom. The van der Waals surface area contributed by atoms with E-state index in [0.29, 0.717) is 0 Å². The molecule has 0 aromatic carbocycles. The first-order chi connectivity index (χ1) is 33.7. The fourth-order valence-corrected chi connectivity index (χ4v) is 18.9. The largest absolute Gasteiger partial charge is 0.0994 e. The summed E-state index contributed by atoms with van der Waals surface area (Å²) in [7, 11) is 0.403. The highest BCUT2D eigenvalue weighted by molar-refractivity contribution is 7.75. The van der Waals surface area contributed by atoms with Crippen molar-refractivity contribution >= 4 is 15.8 Å². The summed E-state index contributed by atoms with van der Waals surface area (Å²) in [5.41, 5.74) is 0. The van der Waals surface area contributed by atoms with Gasteiger partial charge >= 0.3 is 0 Å². The van der Waals surface area contributed by atoms with Crippen molar-refractivity contribution in [2.75, 3.05) is 24.6 Å². The first-order valence-electron chi connectivity index (χ1n) is 33.2. The molecule has 0 amide bonds. The van der Waals surface area contributed by atoms with Crippen LogP contribution in [0.3, 0.4) is 0 Å². The van der Waals surface area contributed by atoms with Gasteiger partial charge in [0.1, 0.15) is 0 Å². The molecule has 0 saturated heterocycles. The summed E-state index contributed by atoms with van der Waals surface area (Å²) in [6, 6.07) is 0. The van der Waals surface area contributed by atoms with Gasteiger partial charge in [-0.2, -0.15) is 0 Å².